The van der Waals surface area contributed by atoms with Crippen LogP contribution in [0.15, 0.2) is 28.7 Å². The second kappa shape index (κ2) is 7.06. The molecule has 1 unspecified atom stereocenters. The summed E-state index contributed by atoms with van der Waals surface area (Å²) in [5.41, 5.74) is 0.779. The Balaban J connectivity index is 1.94. The lowest BCUT2D eigenvalue weighted by Crippen LogP contribution is -2.44. The summed E-state index contributed by atoms with van der Waals surface area (Å²) < 4.78 is 1.11. The van der Waals surface area contributed by atoms with E-state index in [0.29, 0.717) is 12.6 Å². The normalized spacial score (nSPS) is 28.3. The van der Waals surface area contributed by atoms with Crippen LogP contribution in [-0.4, -0.2) is 17.3 Å². The van der Waals surface area contributed by atoms with Gasteiger partial charge in [-0.3, -0.25) is 0 Å². The average molecular weight is 340 g/mol. The molecule has 3 heteroatoms. The van der Waals surface area contributed by atoms with Crippen molar-refractivity contribution in [1.82, 2.24) is 5.32 Å². The molecule has 112 valence electrons. The van der Waals surface area contributed by atoms with Crippen molar-refractivity contribution in [3.8, 4) is 0 Å². The van der Waals surface area contributed by atoms with E-state index in [1.807, 2.05) is 6.07 Å². The molecule has 2 N–H and O–H groups in total. The molecular weight excluding hydrogens is 314 g/mol. The summed E-state index contributed by atoms with van der Waals surface area (Å²) in [6.45, 7) is 5.17. The summed E-state index contributed by atoms with van der Waals surface area (Å²) in [5, 5.41) is 14.2. The molecule has 1 aliphatic rings. The Morgan fingerprint density at radius 3 is 2.70 bits per heavy atom. The Bertz CT molecular complexity index is 427. The minimum absolute atomic E-state index is 0.316. The van der Waals surface area contributed by atoms with Gasteiger partial charge in [0.25, 0.3) is 0 Å². The SMILES string of the molecule is CCC(NCC1(O)CCC(C)CC1)c1cccc(Br)c1. The van der Waals surface area contributed by atoms with E-state index < -0.39 is 5.60 Å². The number of hydrogen-bond acceptors (Lipinski definition) is 2. The Hall–Kier alpha value is -0.380. The van der Waals surface area contributed by atoms with Crippen LogP contribution in [0.1, 0.15) is 57.6 Å². The van der Waals surface area contributed by atoms with Gasteiger partial charge >= 0.3 is 0 Å². The molecule has 1 aliphatic carbocycles. The van der Waals surface area contributed by atoms with Crippen LogP contribution in [0.25, 0.3) is 0 Å². The topological polar surface area (TPSA) is 32.3 Å². The van der Waals surface area contributed by atoms with E-state index in [9.17, 15) is 5.11 Å². The quantitative estimate of drug-likeness (QED) is 0.831. The monoisotopic (exact) mass is 339 g/mol. The molecule has 0 heterocycles. The number of halogens is 1. The molecule has 1 fully saturated rings. The standard InChI is InChI=1S/C17H26BrNO/c1-3-16(14-5-4-6-15(18)11-14)19-12-17(20)9-7-13(2)8-10-17/h4-6,11,13,16,19-20H,3,7-10,12H2,1-2H3. The van der Waals surface area contributed by atoms with Crippen LogP contribution < -0.4 is 5.32 Å². The number of rotatable bonds is 5. The van der Waals surface area contributed by atoms with Gasteiger partial charge < -0.3 is 10.4 Å². The van der Waals surface area contributed by atoms with E-state index in [2.05, 4.69) is 53.3 Å². The van der Waals surface area contributed by atoms with E-state index in [0.717, 1.165) is 42.5 Å². The molecule has 2 nitrogen and oxygen atoms in total. The first-order chi connectivity index (χ1) is 9.52. The Morgan fingerprint density at radius 2 is 2.10 bits per heavy atom. The molecule has 0 spiro atoms. The molecule has 1 saturated carbocycles. The van der Waals surface area contributed by atoms with Crippen molar-refractivity contribution in [3.63, 3.8) is 0 Å². The van der Waals surface area contributed by atoms with Gasteiger partial charge in [0, 0.05) is 17.1 Å². The zero-order valence-electron chi connectivity index (χ0n) is 12.5. The van der Waals surface area contributed by atoms with Crippen molar-refractivity contribution < 1.29 is 5.11 Å². The fourth-order valence-electron chi connectivity index (χ4n) is 3.01. The molecule has 0 amide bonds. The Kier molecular flexibility index (Phi) is 5.65. The van der Waals surface area contributed by atoms with Gasteiger partial charge in [0.2, 0.25) is 0 Å². The Labute approximate surface area is 131 Å². The maximum Gasteiger partial charge on any atom is 0.0772 e. The zero-order valence-corrected chi connectivity index (χ0v) is 14.1. The lowest BCUT2D eigenvalue weighted by Gasteiger charge is -2.36. The van der Waals surface area contributed by atoms with Crippen molar-refractivity contribution in [2.24, 2.45) is 5.92 Å². The fourth-order valence-corrected chi connectivity index (χ4v) is 3.43. The van der Waals surface area contributed by atoms with Gasteiger partial charge in [-0.25, -0.2) is 0 Å². The second-order valence-corrected chi connectivity index (χ2v) is 7.22. The van der Waals surface area contributed by atoms with E-state index >= 15 is 0 Å². The Morgan fingerprint density at radius 1 is 1.40 bits per heavy atom. The van der Waals surface area contributed by atoms with E-state index in [4.69, 9.17) is 0 Å². The lowest BCUT2D eigenvalue weighted by atomic mass is 9.79. The predicted octanol–water partition coefficient (Wildman–Crippen LogP) is 4.43. The summed E-state index contributed by atoms with van der Waals surface area (Å²) in [6, 6.07) is 8.75. The highest BCUT2D eigenvalue weighted by atomic mass is 79.9. The van der Waals surface area contributed by atoms with Gasteiger partial charge in [0.1, 0.15) is 0 Å². The molecule has 0 radical (unpaired) electrons. The van der Waals surface area contributed by atoms with Gasteiger partial charge in [-0.15, -0.1) is 0 Å². The summed E-state index contributed by atoms with van der Waals surface area (Å²) in [7, 11) is 0. The highest BCUT2D eigenvalue weighted by Crippen LogP contribution is 2.32. The first kappa shape index (κ1) is 16.0. The van der Waals surface area contributed by atoms with Gasteiger partial charge in [0.15, 0.2) is 0 Å². The van der Waals surface area contributed by atoms with Crippen molar-refractivity contribution in [2.45, 2.75) is 57.6 Å². The van der Waals surface area contributed by atoms with Gasteiger partial charge in [-0.1, -0.05) is 41.9 Å². The van der Waals surface area contributed by atoms with Crippen LogP contribution in [0, 0.1) is 5.92 Å². The average Bonchev–Trinajstić information content (AvgIpc) is 2.43. The second-order valence-electron chi connectivity index (χ2n) is 6.30. The van der Waals surface area contributed by atoms with Crippen LogP contribution in [-0.2, 0) is 0 Å². The highest BCUT2D eigenvalue weighted by molar-refractivity contribution is 9.10. The van der Waals surface area contributed by atoms with Gasteiger partial charge in [0.05, 0.1) is 5.60 Å². The summed E-state index contributed by atoms with van der Waals surface area (Å²) in [5.74, 6) is 0.766. The predicted molar refractivity (Wildman–Crippen MR) is 87.8 cm³/mol. The first-order valence-electron chi connectivity index (χ1n) is 7.73. The molecule has 1 aromatic rings. The van der Waals surface area contributed by atoms with Crippen molar-refractivity contribution in [1.29, 1.82) is 0 Å². The number of aliphatic hydroxyl groups is 1. The number of hydrogen-bond donors (Lipinski definition) is 2. The fraction of sp³-hybridized carbons (Fsp3) is 0.647. The molecular formula is C17H26BrNO. The summed E-state index contributed by atoms with van der Waals surface area (Å²) >= 11 is 3.53. The third-order valence-electron chi connectivity index (χ3n) is 4.54. The molecule has 1 atom stereocenters. The summed E-state index contributed by atoms with van der Waals surface area (Å²) in [4.78, 5) is 0. The minimum atomic E-state index is -0.508. The lowest BCUT2D eigenvalue weighted by molar-refractivity contribution is -0.00831. The third-order valence-corrected chi connectivity index (χ3v) is 5.04. The van der Waals surface area contributed by atoms with Crippen molar-refractivity contribution in [3.05, 3.63) is 34.3 Å². The highest BCUT2D eigenvalue weighted by Gasteiger charge is 2.32. The van der Waals surface area contributed by atoms with Gasteiger partial charge in [-0.2, -0.15) is 0 Å². The number of nitrogens with one attached hydrogen (secondary N) is 1. The van der Waals surface area contributed by atoms with E-state index in [1.54, 1.807) is 0 Å². The van der Waals surface area contributed by atoms with Crippen LogP contribution in [0.2, 0.25) is 0 Å². The molecule has 20 heavy (non-hydrogen) atoms. The van der Waals surface area contributed by atoms with Crippen LogP contribution in [0.3, 0.4) is 0 Å². The van der Waals surface area contributed by atoms with Gasteiger partial charge in [-0.05, 0) is 55.7 Å². The molecule has 0 aliphatic heterocycles. The molecule has 0 aromatic heterocycles. The molecule has 2 rings (SSSR count). The van der Waals surface area contributed by atoms with Crippen LogP contribution in [0.4, 0.5) is 0 Å². The summed E-state index contributed by atoms with van der Waals surface area (Å²) in [6.07, 6.45) is 5.17. The maximum absolute atomic E-state index is 10.7. The van der Waals surface area contributed by atoms with E-state index in [1.165, 1.54) is 5.56 Å². The van der Waals surface area contributed by atoms with Crippen molar-refractivity contribution >= 4 is 15.9 Å². The minimum Gasteiger partial charge on any atom is -0.389 e. The van der Waals surface area contributed by atoms with Crippen LogP contribution in [0.5, 0.6) is 0 Å². The van der Waals surface area contributed by atoms with E-state index in [-0.39, 0.29) is 0 Å². The molecule has 0 saturated heterocycles. The first-order valence-corrected chi connectivity index (χ1v) is 8.53. The smallest absolute Gasteiger partial charge is 0.0772 e. The zero-order chi connectivity index (χ0) is 14.6. The number of benzene rings is 1. The van der Waals surface area contributed by atoms with Crippen molar-refractivity contribution in [2.75, 3.05) is 6.54 Å². The maximum atomic E-state index is 10.7. The molecule has 0 bridgehead atoms. The largest absolute Gasteiger partial charge is 0.389 e. The molecule has 1 aromatic carbocycles. The third kappa shape index (κ3) is 4.31. The van der Waals surface area contributed by atoms with Crippen LogP contribution >= 0.6 is 15.9 Å².